The Morgan fingerprint density at radius 3 is 2.65 bits per heavy atom. The Balaban J connectivity index is 2.54. The second-order valence-electron chi connectivity index (χ2n) is 5.05. The van der Waals surface area contributed by atoms with Crippen molar-refractivity contribution in [3.63, 3.8) is 0 Å². The molecule has 1 aliphatic heterocycles. The number of methoxy groups -OCH3 is 1. The molecule has 1 rings (SSSR count). The summed E-state index contributed by atoms with van der Waals surface area (Å²) in [7, 11) is 1.66. The molecule has 1 heterocycles. The van der Waals surface area contributed by atoms with Crippen LogP contribution in [0.1, 0.15) is 33.6 Å². The van der Waals surface area contributed by atoms with Gasteiger partial charge >= 0.3 is 5.97 Å². The molecule has 0 aromatic rings. The number of carbonyl (C=O) groups excluding carboxylic acids is 1. The molecule has 0 aliphatic carbocycles. The Hall–Kier alpha value is -0.870. The highest BCUT2D eigenvalue weighted by molar-refractivity contribution is 5.87. The van der Waals surface area contributed by atoms with Crippen LogP contribution in [-0.2, 0) is 19.0 Å². The van der Waals surface area contributed by atoms with Gasteiger partial charge in [-0.3, -0.25) is 0 Å². The largest absolute Gasteiger partial charge is 0.454 e. The summed E-state index contributed by atoms with van der Waals surface area (Å²) in [4.78, 5) is 11.5. The number of carbonyl (C=O) groups is 1. The first-order valence-corrected chi connectivity index (χ1v) is 5.90. The van der Waals surface area contributed by atoms with E-state index < -0.39 is 5.60 Å². The molecule has 0 bridgehead atoms. The smallest absolute Gasteiger partial charge is 0.333 e. The minimum absolute atomic E-state index is 0.0778. The Morgan fingerprint density at radius 2 is 2.12 bits per heavy atom. The van der Waals surface area contributed by atoms with E-state index in [0.29, 0.717) is 12.2 Å². The van der Waals surface area contributed by atoms with E-state index >= 15 is 0 Å². The third-order valence-electron chi connectivity index (χ3n) is 2.94. The first-order valence-electron chi connectivity index (χ1n) is 5.90. The summed E-state index contributed by atoms with van der Waals surface area (Å²) >= 11 is 0. The number of esters is 1. The lowest BCUT2D eigenvalue weighted by molar-refractivity contribution is -0.167. The Morgan fingerprint density at radius 1 is 1.47 bits per heavy atom. The molecule has 0 amide bonds. The van der Waals surface area contributed by atoms with E-state index in [1.807, 2.05) is 13.8 Å². The van der Waals surface area contributed by atoms with Gasteiger partial charge in [-0.25, -0.2) is 4.79 Å². The van der Waals surface area contributed by atoms with Crippen LogP contribution in [0.3, 0.4) is 0 Å². The van der Waals surface area contributed by atoms with Crippen molar-refractivity contribution < 1.29 is 19.0 Å². The van der Waals surface area contributed by atoms with Crippen molar-refractivity contribution in [3.05, 3.63) is 12.2 Å². The van der Waals surface area contributed by atoms with Crippen LogP contribution in [0.25, 0.3) is 0 Å². The van der Waals surface area contributed by atoms with Gasteiger partial charge < -0.3 is 14.2 Å². The van der Waals surface area contributed by atoms with Crippen LogP contribution in [0.15, 0.2) is 12.2 Å². The maximum Gasteiger partial charge on any atom is 0.333 e. The molecule has 1 saturated heterocycles. The van der Waals surface area contributed by atoms with Gasteiger partial charge in [0.1, 0.15) is 5.60 Å². The summed E-state index contributed by atoms with van der Waals surface area (Å²) in [6, 6.07) is 0. The lowest BCUT2D eigenvalue weighted by Crippen LogP contribution is -2.41. The number of rotatable bonds is 5. The average Bonchev–Trinajstić information content (AvgIpc) is 2.66. The zero-order valence-corrected chi connectivity index (χ0v) is 11.1. The maximum atomic E-state index is 11.5. The third kappa shape index (κ3) is 3.82. The summed E-state index contributed by atoms with van der Waals surface area (Å²) in [6.07, 6.45) is 1.84. The zero-order chi connectivity index (χ0) is 13.1. The van der Waals surface area contributed by atoms with Gasteiger partial charge in [-0.2, -0.15) is 0 Å². The topological polar surface area (TPSA) is 44.8 Å². The summed E-state index contributed by atoms with van der Waals surface area (Å²) in [5.74, 6) is -0.367. The van der Waals surface area contributed by atoms with Gasteiger partial charge in [0.15, 0.2) is 0 Å². The van der Waals surface area contributed by atoms with E-state index in [4.69, 9.17) is 14.2 Å². The fraction of sp³-hybridized carbons (Fsp3) is 0.769. The molecule has 2 atom stereocenters. The predicted octanol–water partition coefficient (Wildman–Crippen LogP) is 2.08. The van der Waals surface area contributed by atoms with Crippen LogP contribution >= 0.6 is 0 Å². The van der Waals surface area contributed by atoms with Gasteiger partial charge in [0.25, 0.3) is 0 Å². The van der Waals surface area contributed by atoms with Gasteiger partial charge in [0.2, 0.25) is 0 Å². The monoisotopic (exact) mass is 242 g/mol. The summed E-state index contributed by atoms with van der Waals surface area (Å²) < 4.78 is 16.3. The van der Waals surface area contributed by atoms with Crippen LogP contribution in [-0.4, -0.2) is 37.5 Å². The van der Waals surface area contributed by atoms with Crippen LogP contribution < -0.4 is 0 Å². The van der Waals surface area contributed by atoms with Crippen molar-refractivity contribution in [3.8, 4) is 0 Å². The highest BCUT2D eigenvalue weighted by atomic mass is 16.6. The van der Waals surface area contributed by atoms with E-state index in [-0.39, 0.29) is 18.2 Å². The van der Waals surface area contributed by atoms with Gasteiger partial charge in [0, 0.05) is 12.7 Å². The third-order valence-corrected chi connectivity index (χ3v) is 2.94. The summed E-state index contributed by atoms with van der Waals surface area (Å²) in [5, 5.41) is 0. The fourth-order valence-electron chi connectivity index (χ4n) is 1.92. The van der Waals surface area contributed by atoms with Gasteiger partial charge in [-0.05, 0) is 33.6 Å². The SMILES string of the molecule is C=C(C)C(=O)OC(C)(C)C1CCC(COC)O1. The van der Waals surface area contributed by atoms with Gasteiger partial charge in [-0.15, -0.1) is 0 Å². The van der Waals surface area contributed by atoms with Crippen molar-refractivity contribution in [1.29, 1.82) is 0 Å². The molecule has 0 radical (unpaired) electrons. The molecular formula is C13H22O4. The lowest BCUT2D eigenvalue weighted by atomic mass is 9.98. The van der Waals surface area contributed by atoms with Crippen LogP contribution in [0.2, 0.25) is 0 Å². The molecule has 0 spiro atoms. The molecule has 98 valence electrons. The van der Waals surface area contributed by atoms with E-state index in [2.05, 4.69) is 6.58 Å². The quantitative estimate of drug-likeness (QED) is 0.547. The first-order chi connectivity index (χ1) is 7.86. The Labute approximate surface area is 103 Å². The van der Waals surface area contributed by atoms with Gasteiger partial charge in [0.05, 0.1) is 18.8 Å². The standard InChI is InChI=1S/C13H22O4/c1-9(2)12(14)17-13(3,4)11-7-6-10(16-11)8-15-5/h10-11H,1,6-8H2,2-5H3. The summed E-state index contributed by atoms with van der Waals surface area (Å²) in [6.45, 7) is 9.54. The molecular weight excluding hydrogens is 220 g/mol. The number of hydrogen-bond donors (Lipinski definition) is 0. The van der Waals surface area contributed by atoms with Crippen LogP contribution in [0.5, 0.6) is 0 Å². The second-order valence-corrected chi connectivity index (χ2v) is 5.05. The maximum absolute atomic E-state index is 11.5. The van der Waals surface area contributed by atoms with Crippen molar-refractivity contribution in [2.45, 2.75) is 51.4 Å². The Bertz CT molecular complexity index is 296. The molecule has 17 heavy (non-hydrogen) atoms. The van der Waals surface area contributed by atoms with Crippen LogP contribution in [0, 0.1) is 0 Å². The minimum atomic E-state index is -0.626. The number of ether oxygens (including phenoxy) is 3. The Kier molecular flexibility index (Phi) is 4.71. The molecule has 0 aromatic carbocycles. The number of hydrogen-bond acceptors (Lipinski definition) is 4. The molecule has 0 aromatic heterocycles. The van der Waals surface area contributed by atoms with Gasteiger partial charge in [-0.1, -0.05) is 6.58 Å². The zero-order valence-electron chi connectivity index (χ0n) is 11.1. The van der Waals surface area contributed by atoms with E-state index in [1.54, 1.807) is 14.0 Å². The van der Waals surface area contributed by atoms with E-state index in [1.165, 1.54) is 0 Å². The van der Waals surface area contributed by atoms with Crippen molar-refractivity contribution in [2.75, 3.05) is 13.7 Å². The van der Waals surface area contributed by atoms with E-state index in [9.17, 15) is 4.79 Å². The predicted molar refractivity (Wildman–Crippen MR) is 64.8 cm³/mol. The first kappa shape index (κ1) is 14.2. The molecule has 4 heteroatoms. The fourth-order valence-corrected chi connectivity index (χ4v) is 1.92. The summed E-state index contributed by atoms with van der Waals surface area (Å²) in [5.41, 5.74) is -0.220. The molecule has 4 nitrogen and oxygen atoms in total. The second kappa shape index (κ2) is 5.65. The van der Waals surface area contributed by atoms with Crippen molar-refractivity contribution in [2.24, 2.45) is 0 Å². The molecule has 0 saturated carbocycles. The normalized spacial score (nSPS) is 24.7. The van der Waals surface area contributed by atoms with Crippen molar-refractivity contribution in [1.82, 2.24) is 0 Å². The van der Waals surface area contributed by atoms with Crippen LogP contribution in [0.4, 0.5) is 0 Å². The highest BCUT2D eigenvalue weighted by Crippen LogP contribution is 2.31. The molecule has 1 aliphatic rings. The lowest BCUT2D eigenvalue weighted by Gasteiger charge is -2.31. The average molecular weight is 242 g/mol. The van der Waals surface area contributed by atoms with Crippen molar-refractivity contribution >= 4 is 5.97 Å². The molecule has 1 fully saturated rings. The highest BCUT2D eigenvalue weighted by Gasteiger charge is 2.39. The minimum Gasteiger partial charge on any atom is -0.454 e. The molecule has 0 N–H and O–H groups in total. The van der Waals surface area contributed by atoms with E-state index in [0.717, 1.165) is 12.8 Å². The molecule has 2 unspecified atom stereocenters.